The summed E-state index contributed by atoms with van der Waals surface area (Å²) in [5.41, 5.74) is 2.27. The lowest BCUT2D eigenvalue weighted by atomic mass is 10.2. The van der Waals surface area contributed by atoms with Crippen LogP contribution in [-0.2, 0) is 0 Å². The number of hydrogen-bond donors (Lipinski definition) is 1. The molecule has 0 aliphatic carbocycles. The third kappa shape index (κ3) is 5.85. The largest absolute Gasteiger partial charge is 0.363 e. The highest BCUT2D eigenvalue weighted by molar-refractivity contribution is 6.07. The Hall–Kier alpha value is -3.94. The minimum atomic E-state index is -0.262. The molecule has 172 valence electrons. The van der Waals surface area contributed by atoms with Gasteiger partial charge in [0.2, 0.25) is 0 Å². The Morgan fingerprint density at radius 3 is 1.97 bits per heavy atom. The van der Waals surface area contributed by atoms with Crippen LogP contribution in [0.3, 0.4) is 0 Å². The van der Waals surface area contributed by atoms with Crippen LogP contribution < -0.4 is 20.0 Å². The van der Waals surface area contributed by atoms with Crippen molar-refractivity contribution in [2.24, 2.45) is 0 Å². The maximum atomic E-state index is 13.2. The Kier molecular flexibility index (Phi) is 7.61. The number of pyridine rings is 2. The van der Waals surface area contributed by atoms with Gasteiger partial charge in [0.1, 0.15) is 11.6 Å². The predicted molar refractivity (Wildman–Crippen MR) is 133 cm³/mol. The maximum Gasteiger partial charge on any atom is 0.259 e. The Labute approximate surface area is 194 Å². The highest BCUT2D eigenvalue weighted by Crippen LogP contribution is 2.23. The average molecular weight is 447 g/mol. The van der Waals surface area contributed by atoms with E-state index in [1.165, 1.54) is 0 Å². The number of hydrogen-bond acceptors (Lipinski definition) is 6. The lowest BCUT2D eigenvalue weighted by Crippen LogP contribution is -2.32. The molecular formula is C25H30N6O2. The Bertz CT molecular complexity index is 1090. The van der Waals surface area contributed by atoms with Gasteiger partial charge in [-0.3, -0.25) is 9.59 Å². The molecule has 3 aromatic rings. The smallest absolute Gasteiger partial charge is 0.259 e. The van der Waals surface area contributed by atoms with Crippen LogP contribution in [0.15, 0.2) is 60.9 Å². The first kappa shape index (κ1) is 23.7. The van der Waals surface area contributed by atoms with Crippen LogP contribution in [0.4, 0.5) is 23.0 Å². The van der Waals surface area contributed by atoms with Gasteiger partial charge in [-0.15, -0.1) is 0 Å². The Balaban J connectivity index is 1.79. The van der Waals surface area contributed by atoms with Crippen molar-refractivity contribution >= 4 is 34.8 Å². The zero-order chi connectivity index (χ0) is 24.0. The third-order valence-electron chi connectivity index (χ3n) is 5.03. The SMILES string of the molecule is CCCN(C(=O)c1ccc(N(C)C)nc1)c1cccc(NC(=O)c2ccc(N(C)C)nc2)c1. The van der Waals surface area contributed by atoms with Gasteiger partial charge in [0.15, 0.2) is 0 Å². The quantitative estimate of drug-likeness (QED) is 0.565. The summed E-state index contributed by atoms with van der Waals surface area (Å²) >= 11 is 0. The van der Waals surface area contributed by atoms with Gasteiger partial charge in [-0.1, -0.05) is 13.0 Å². The fourth-order valence-electron chi connectivity index (χ4n) is 3.24. The molecule has 8 nitrogen and oxygen atoms in total. The third-order valence-corrected chi connectivity index (χ3v) is 5.03. The van der Waals surface area contributed by atoms with Crippen LogP contribution in [0, 0.1) is 0 Å². The van der Waals surface area contributed by atoms with Gasteiger partial charge in [-0.05, 0) is 48.9 Å². The van der Waals surface area contributed by atoms with Crippen molar-refractivity contribution < 1.29 is 9.59 Å². The van der Waals surface area contributed by atoms with E-state index in [4.69, 9.17) is 0 Å². The molecule has 0 unspecified atom stereocenters. The molecule has 0 saturated heterocycles. The van der Waals surface area contributed by atoms with Crippen LogP contribution in [0.1, 0.15) is 34.1 Å². The van der Waals surface area contributed by atoms with Gasteiger partial charge in [0, 0.05) is 58.5 Å². The predicted octanol–water partition coefficient (Wildman–Crippen LogP) is 3.92. The summed E-state index contributed by atoms with van der Waals surface area (Å²) < 4.78 is 0. The number of benzene rings is 1. The summed E-state index contributed by atoms with van der Waals surface area (Å²) in [6, 6.07) is 14.4. The van der Waals surface area contributed by atoms with Crippen molar-refractivity contribution in [1.82, 2.24) is 9.97 Å². The van der Waals surface area contributed by atoms with Gasteiger partial charge in [-0.25, -0.2) is 9.97 Å². The minimum Gasteiger partial charge on any atom is -0.363 e. The van der Waals surface area contributed by atoms with Crippen molar-refractivity contribution in [2.75, 3.05) is 54.8 Å². The topological polar surface area (TPSA) is 81.7 Å². The Morgan fingerprint density at radius 2 is 1.45 bits per heavy atom. The number of carbonyl (C=O) groups excluding carboxylic acids is 2. The highest BCUT2D eigenvalue weighted by atomic mass is 16.2. The lowest BCUT2D eigenvalue weighted by molar-refractivity contribution is 0.0985. The number of aromatic nitrogens is 2. The van der Waals surface area contributed by atoms with Crippen LogP contribution in [0.5, 0.6) is 0 Å². The van der Waals surface area contributed by atoms with Crippen molar-refractivity contribution in [2.45, 2.75) is 13.3 Å². The lowest BCUT2D eigenvalue weighted by Gasteiger charge is -2.23. The molecule has 0 bridgehead atoms. The van der Waals surface area contributed by atoms with E-state index in [2.05, 4.69) is 15.3 Å². The number of amides is 2. The Morgan fingerprint density at radius 1 is 0.848 bits per heavy atom. The van der Waals surface area contributed by atoms with E-state index in [1.54, 1.807) is 47.6 Å². The van der Waals surface area contributed by atoms with Crippen LogP contribution in [0.25, 0.3) is 0 Å². The van der Waals surface area contributed by atoms with E-state index < -0.39 is 0 Å². The summed E-state index contributed by atoms with van der Waals surface area (Å²) in [4.78, 5) is 40.0. The second-order valence-electron chi connectivity index (χ2n) is 8.06. The standard InChI is InChI=1S/C25H30N6O2/c1-6-14-31(25(33)19-11-13-23(27-17-19)30(4)5)21-9-7-8-20(15-21)28-24(32)18-10-12-22(26-16-18)29(2)3/h7-13,15-17H,6,14H2,1-5H3,(H,28,32). The fourth-order valence-corrected chi connectivity index (χ4v) is 3.24. The number of nitrogens with one attached hydrogen (secondary N) is 1. The zero-order valence-electron chi connectivity index (χ0n) is 19.7. The molecule has 2 aromatic heterocycles. The minimum absolute atomic E-state index is 0.137. The molecule has 0 atom stereocenters. The summed E-state index contributed by atoms with van der Waals surface area (Å²) in [6.07, 6.45) is 3.93. The molecule has 1 aromatic carbocycles. The highest BCUT2D eigenvalue weighted by Gasteiger charge is 2.18. The van der Waals surface area contributed by atoms with Gasteiger partial charge in [0.05, 0.1) is 11.1 Å². The summed E-state index contributed by atoms with van der Waals surface area (Å²) in [5.74, 6) is 1.16. The van der Waals surface area contributed by atoms with E-state index in [1.807, 2.05) is 63.1 Å². The zero-order valence-corrected chi connectivity index (χ0v) is 19.7. The van der Waals surface area contributed by atoms with Crippen LogP contribution >= 0.6 is 0 Å². The molecule has 0 aliphatic rings. The molecule has 0 fully saturated rings. The van der Waals surface area contributed by atoms with E-state index in [9.17, 15) is 9.59 Å². The molecule has 33 heavy (non-hydrogen) atoms. The monoisotopic (exact) mass is 446 g/mol. The normalized spacial score (nSPS) is 10.5. The molecule has 0 aliphatic heterocycles. The first-order valence-corrected chi connectivity index (χ1v) is 10.8. The van der Waals surface area contributed by atoms with Gasteiger partial charge < -0.3 is 20.0 Å². The van der Waals surface area contributed by atoms with E-state index in [0.717, 1.165) is 18.1 Å². The molecule has 0 saturated carbocycles. The van der Waals surface area contributed by atoms with Gasteiger partial charge in [-0.2, -0.15) is 0 Å². The summed E-state index contributed by atoms with van der Waals surface area (Å²) in [6.45, 7) is 2.56. The van der Waals surface area contributed by atoms with E-state index >= 15 is 0 Å². The average Bonchev–Trinajstić information content (AvgIpc) is 2.82. The molecule has 8 heteroatoms. The first-order valence-electron chi connectivity index (χ1n) is 10.8. The molecule has 0 radical (unpaired) electrons. The van der Waals surface area contributed by atoms with Gasteiger partial charge in [0.25, 0.3) is 11.8 Å². The summed E-state index contributed by atoms with van der Waals surface area (Å²) in [5, 5.41) is 2.89. The van der Waals surface area contributed by atoms with Crippen LogP contribution in [0.2, 0.25) is 0 Å². The molecule has 0 spiro atoms. The summed E-state index contributed by atoms with van der Waals surface area (Å²) in [7, 11) is 7.59. The maximum absolute atomic E-state index is 13.2. The molecule has 2 heterocycles. The van der Waals surface area contributed by atoms with Gasteiger partial charge >= 0.3 is 0 Å². The second-order valence-corrected chi connectivity index (χ2v) is 8.06. The molecular weight excluding hydrogens is 416 g/mol. The second kappa shape index (κ2) is 10.6. The number of rotatable bonds is 8. The first-order chi connectivity index (χ1) is 15.8. The molecule has 3 rings (SSSR count). The van der Waals surface area contributed by atoms with Crippen molar-refractivity contribution in [3.63, 3.8) is 0 Å². The van der Waals surface area contributed by atoms with E-state index in [-0.39, 0.29) is 11.8 Å². The van der Waals surface area contributed by atoms with E-state index in [0.29, 0.717) is 29.0 Å². The van der Waals surface area contributed by atoms with Crippen molar-refractivity contribution in [3.8, 4) is 0 Å². The fraction of sp³-hybridized carbons (Fsp3) is 0.280. The van der Waals surface area contributed by atoms with Crippen LogP contribution in [-0.4, -0.2) is 56.5 Å². The number of nitrogens with zero attached hydrogens (tertiary/aromatic N) is 5. The molecule has 1 N–H and O–H groups in total. The van der Waals surface area contributed by atoms with Crippen molar-refractivity contribution in [1.29, 1.82) is 0 Å². The van der Waals surface area contributed by atoms with Crippen molar-refractivity contribution in [3.05, 3.63) is 72.1 Å². The number of anilines is 4. The molecule has 2 amide bonds. The number of carbonyl (C=O) groups is 2.